The van der Waals surface area contributed by atoms with Crippen LogP contribution in [0.3, 0.4) is 0 Å². The van der Waals surface area contributed by atoms with Gasteiger partial charge in [-0.05, 0) is 19.5 Å². The van der Waals surface area contributed by atoms with Crippen LogP contribution in [0.5, 0.6) is 0 Å². The van der Waals surface area contributed by atoms with Crippen molar-refractivity contribution in [3.63, 3.8) is 0 Å². The fraction of sp³-hybridized carbons (Fsp3) is 1.00. The van der Waals surface area contributed by atoms with Crippen molar-refractivity contribution in [2.75, 3.05) is 67.0 Å². The first kappa shape index (κ1) is 16.8. The van der Waals surface area contributed by atoms with E-state index in [1.807, 2.05) is 7.05 Å². The Morgan fingerprint density at radius 2 is 1.41 bits per heavy atom. The van der Waals surface area contributed by atoms with E-state index in [2.05, 4.69) is 12.2 Å². The topological polar surface area (TPSA) is 49.0 Å². The fourth-order valence-corrected chi connectivity index (χ4v) is 1.27. The molecule has 0 aromatic heterocycles. The molecule has 104 valence electrons. The number of hydrogen-bond donors (Lipinski definition) is 1. The number of hydrogen-bond acceptors (Lipinski definition) is 5. The highest BCUT2D eigenvalue weighted by Crippen LogP contribution is 1.93. The molecule has 0 aliphatic carbocycles. The van der Waals surface area contributed by atoms with E-state index < -0.39 is 0 Å². The number of rotatable bonds is 13. The fourth-order valence-electron chi connectivity index (χ4n) is 1.27. The van der Waals surface area contributed by atoms with Crippen molar-refractivity contribution < 1.29 is 18.9 Å². The number of nitrogens with one attached hydrogen (secondary N) is 1. The molecule has 0 amide bonds. The lowest BCUT2D eigenvalue weighted by Crippen LogP contribution is -2.21. The molecule has 0 aliphatic rings. The van der Waals surface area contributed by atoms with Gasteiger partial charge in [-0.1, -0.05) is 6.92 Å². The van der Waals surface area contributed by atoms with Gasteiger partial charge in [-0.25, -0.2) is 0 Å². The summed E-state index contributed by atoms with van der Waals surface area (Å²) >= 11 is 0. The second-order valence-electron chi connectivity index (χ2n) is 3.96. The van der Waals surface area contributed by atoms with Crippen LogP contribution in [-0.2, 0) is 18.9 Å². The molecule has 0 fully saturated rings. The largest absolute Gasteiger partial charge is 0.382 e. The van der Waals surface area contributed by atoms with E-state index in [1.165, 1.54) is 0 Å². The summed E-state index contributed by atoms with van der Waals surface area (Å²) in [6.45, 7) is 7.65. The third kappa shape index (κ3) is 13.7. The molecule has 0 saturated carbocycles. The van der Waals surface area contributed by atoms with Crippen molar-refractivity contribution in [1.82, 2.24) is 5.32 Å². The second-order valence-corrected chi connectivity index (χ2v) is 3.96. The van der Waals surface area contributed by atoms with E-state index in [9.17, 15) is 0 Å². The highest BCUT2D eigenvalue weighted by Gasteiger charge is 1.99. The Bertz CT molecular complexity index is 146. The van der Waals surface area contributed by atoms with Gasteiger partial charge < -0.3 is 24.3 Å². The summed E-state index contributed by atoms with van der Waals surface area (Å²) in [5.74, 6) is 0.539. The van der Waals surface area contributed by atoms with Crippen LogP contribution in [0.4, 0.5) is 0 Å². The summed E-state index contributed by atoms with van der Waals surface area (Å²) in [4.78, 5) is 0. The van der Waals surface area contributed by atoms with Gasteiger partial charge >= 0.3 is 0 Å². The molecule has 1 atom stereocenters. The maximum atomic E-state index is 5.47. The normalized spacial score (nSPS) is 12.9. The van der Waals surface area contributed by atoms with E-state index in [1.54, 1.807) is 7.11 Å². The Kier molecular flexibility index (Phi) is 13.7. The highest BCUT2D eigenvalue weighted by molar-refractivity contribution is 4.52. The molecule has 0 saturated heterocycles. The lowest BCUT2D eigenvalue weighted by atomic mass is 10.2. The van der Waals surface area contributed by atoms with Crippen molar-refractivity contribution in [2.24, 2.45) is 5.92 Å². The lowest BCUT2D eigenvalue weighted by Gasteiger charge is -2.11. The molecule has 17 heavy (non-hydrogen) atoms. The predicted molar refractivity (Wildman–Crippen MR) is 67.4 cm³/mol. The summed E-state index contributed by atoms with van der Waals surface area (Å²) in [5, 5.41) is 3.12. The van der Waals surface area contributed by atoms with Crippen LogP contribution in [0.25, 0.3) is 0 Å². The first-order chi connectivity index (χ1) is 8.31. The molecule has 0 spiro atoms. The van der Waals surface area contributed by atoms with Gasteiger partial charge in [0.25, 0.3) is 0 Å². The van der Waals surface area contributed by atoms with E-state index in [0.717, 1.165) is 13.2 Å². The lowest BCUT2D eigenvalue weighted by molar-refractivity contribution is -0.000447. The Hall–Kier alpha value is -0.200. The van der Waals surface area contributed by atoms with E-state index >= 15 is 0 Å². The van der Waals surface area contributed by atoms with Crippen LogP contribution in [0.2, 0.25) is 0 Å². The molecular weight excluding hydrogens is 222 g/mol. The number of methoxy groups -OCH3 is 1. The van der Waals surface area contributed by atoms with Crippen molar-refractivity contribution in [3.8, 4) is 0 Å². The zero-order valence-electron chi connectivity index (χ0n) is 11.4. The Labute approximate surface area is 105 Å². The van der Waals surface area contributed by atoms with Crippen molar-refractivity contribution in [1.29, 1.82) is 0 Å². The smallest absolute Gasteiger partial charge is 0.0701 e. The third-order valence-corrected chi connectivity index (χ3v) is 2.13. The SMILES string of the molecule is CNCC(C)COCCOCCOCCOC. The maximum Gasteiger partial charge on any atom is 0.0701 e. The molecule has 0 bridgehead atoms. The minimum absolute atomic E-state index is 0.539. The summed E-state index contributed by atoms with van der Waals surface area (Å²) in [6, 6.07) is 0. The van der Waals surface area contributed by atoms with Gasteiger partial charge in [-0.3, -0.25) is 0 Å². The average molecular weight is 249 g/mol. The van der Waals surface area contributed by atoms with E-state index in [4.69, 9.17) is 18.9 Å². The standard InChI is InChI=1S/C12H27NO4/c1-12(10-13-2)11-17-9-8-16-7-6-15-5-4-14-3/h12-13H,4-11H2,1-3H3. The van der Waals surface area contributed by atoms with Crippen LogP contribution in [-0.4, -0.2) is 67.0 Å². The summed E-state index contributed by atoms with van der Waals surface area (Å²) < 4.78 is 20.9. The molecule has 0 heterocycles. The Morgan fingerprint density at radius 1 is 0.882 bits per heavy atom. The van der Waals surface area contributed by atoms with Crippen LogP contribution in [0.1, 0.15) is 6.92 Å². The van der Waals surface area contributed by atoms with Crippen LogP contribution < -0.4 is 5.32 Å². The molecule has 5 nitrogen and oxygen atoms in total. The van der Waals surface area contributed by atoms with E-state index in [-0.39, 0.29) is 0 Å². The zero-order valence-corrected chi connectivity index (χ0v) is 11.4. The van der Waals surface area contributed by atoms with Crippen molar-refractivity contribution in [3.05, 3.63) is 0 Å². The van der Waals surface area contributed by atoms with Gasteiger partial charge in [0, 0.05) is 7.11 Å². The molecule has 0 aromatic carbocycles. The minimum atomic E-state index is 0.539. The molecule has 0 aromatic rings. The number of ether oxygens (including phenoxy) is 4. The summed E-state index contributed by atoms with van der Waals surface area (Å²) in [6.07, 6.45) is 0. The molecule has 0 rings (SSSR count). The second kappa shape index (κ2) is 13.9. The zero-order chi connectivity index (χ0) is 12.8. The predicted octanol–water partition coefficient (Wildman–Crippen LogP) is 0.538. The molecule has 0 radical (unpaired) electrons. The Morgan fingerprint density at radius 3 is 1.94 bits per heavy atom. The first-order valence-electron chi connectivity index (χ1n) is 6.18. The minimum Gasteiger partial charge on any atom is -0.382 e. The monoisotopic (exact) mass is 249 g/mol. The van der Waals surface area contributed by atoms with Gasteiger partial charge in [0.1, 0.15) is 0 Å². The average Bonchev–Trinajstić information content (AvgIpc) is 2.32. The van der Waals surface area contributed by atoms with Gasteiger partial charge in [-0.2, -0.15) is 0 Å². The van der Waals surface area contributed by atoms with Crippen LogP contribution in [0.15, 0.2) is 0 Å². The quantitative estimate of drug-likeness (QED) is 0.483. The summed E-state index contributed by atoms with van der Waals surface area (Å²) in [5.41, 5.74) is 0. The van der Waals surface area contributed by atoms with Crippen LogP contribution in [0, 0.1) is 5.92 Å². The van der Waals surface area contributed by atoms with Crippen molar-refractivity contribution >= 4 is 0 Å². The summed E-state index contributed by atoms with van der Waals surface area (Å²) in [7, 11) is 3.61. The molecule has 1 N–H and O–H groups in total. The molecule has 0 aliphatic heterocycles. The van der Waals surface area contributed by atoms with Crippen molar-refractivity contribution in [2.45, 2.75) is 6.92 Å². The molecular formula is C12H27NO4. The molecule has 1 unspecified atom stereocenters. The van der Waals surface area contributed by atoms with Gasteiger partial charge in [0.2, 0.25) is 0 Å². The van der Waals surface area contributed by atoms with Crippen LogP contribution >= 0.6 is 0 Å². The highest BCUT2D eigenvalue weighted by atomic mass is 16.6. The first-order valence-corrected chi connectivity index (χ1v) is 6.18. The third-order valence-electron chi connectivity index (χ3n) is 2.13. The van der Waals surface area contributed by atoms with Gasteiger partial charge in [0.05, 0.1) is 46.2 Å². The van der Waals surface area contributed by atoms with E-state index in [0.29, 0.717) is 45.6 Å². The maximum absolute atomic E-state index is 5.47. The Balaban J connectivity index is 2.98. The molecule has 5 heteroatoms. The van der Waals surface area contributed by atoms with Gasteiger partial charge in [0.15, 0.2) is 0 Å². The van der Waals surface area contributed by atoms with Gasteiger partial charge in [-0.15, -0.1) is 0 Å².